The molecular weight excluding hydrogens is 339 g/mol. The molecular formula is C15H22F3N5O2. The molecule has 0 bridgehead atoms. The lowest BCUT2D eigenvalue weighted by Crippen LogP contribution is -2.46. The number of amides is 2. The summed E-state index contributed by atoms with van der Waals surface area (Å²) >= 11 is 0. The number of halogens is 3. The molecule has 2 rings (SSSR count). The number of likely N-dealkylation sites (N-methyl/N-ethyl adjacent to an activating group) is 1. The van der Waals surface area contributed by atoms with E-state index in [-0.39, 0.29) is 12.5 Å². The van der Waals surface area contributed by atoms with E-state index in [2.05, 4.69) is 10.1 Å². The largest absolute Gasteiger partial charge is 0.406 e. The summed E-state index contributed by atoms with van der Waals surface area (Å²) in [5, 5.41) is 4.25. The highest BCUT2D eigenvalue weighted by molar-refractivity contribution is 5.84. The Hall–Kier alpha value is -2.13. The predicted octanol–water partition coefficient (Wildman–Crippen LogP) is 1.33. The third-order valence-corrected chi connectivity index (χ3v) is 4.18. The van der Waals surface area contributed by atoms with Crippen LogP contribution in [-0.4, -0.2) is 69.7 Å². The highest BCUT2D eigenvalue weighted by Crippen LogP contribution is 2.34. The van der Waals surface area contributed by atoms with Crippen LogP contribution in [0.4, 0.5) is 13.2 Å². The van der Waals surface area contributed by atoms with E-state index in [0.29, 0.717) is 16.5 Å². The molecule has 0 aliphatic heterocycles. The van der Waals surface area contributed by atoms with Crippen molar-refractivity contribution in [2.75, 3.05) is 27.2 Å². The van der Waals surface area contributed by atoms with Gasteiger partial charge < -0.3 is 9.80 Å². The summed E-state index contributed by atoms with van der Waals surface area (Å²) in [4.78, 5) is 30.0. The third-order valence-electron chi connectivity index (χ3n) is 4.18. The topological polar surface area (TPSA) is 71.3 Å². The first kappa shape index (κ1) is 19.2. The van der Waals surface area contributed by atoms with Crippen LogP contribution in [0, 0.1) is 6.92 Å². The zero-order valence-electron chi connectivity index (χ0n) is 14.5. The number of hydrogen-bond acceptors (Lipinski definition) is 4. The predicted molar refractivity (Wildman–Crippen MR) is 82.7 cm³/mol. The van der Waals surface area contributed by atoms with E-state index in [1.165, 1.54) is 18.8 Å². The van der Waals surface area contributed by atoms with Crippen LogP contribution >= 0.6 is 0 Å². The van der Waals surface area contributed by atoms with Gasteiger partial charge in [-0.15, -0.1) is 0 Å². The molecule has 0 aromatic carbocycles. The maximum absolute atomic E-state index is 12.7. The molecule has 140 valence electrons. The summed E-state index contributed by atoms with van der Waals surface area (Å²) < 4.78 is 39.5. The van der Waals surface area contributed by atoms with Gasteiger partial charge >= 0.3 is 6.18 Å². The summed E-state index contributed by atoms with van der Waals surface area (Å²) in [6.45, 7) is -0.826. The van der Waals surface area contributed by atoms with Crippen molar-refractivity contribution in [1.29, 1.82) is 0 Å². The molecule has 1 aromatic heterocycles. The molecule has 0 saturated heterocycles. The number of carbonyl (C=O) groups excluding carboxylic acids is 2. The monoisotopic (exact) mass is 361 g/mol. The smallest absolute Gasteiger partial charge is 0.347 e. The summed E-state index contributed by atoms with van der Waals surface area (Å²) in [6, 6.07) is 0. The van der Waals surface area contributed by atoms with Gasteiger partial charge in [-0.05, 0) is 19.8 Å². The standard InChI is InChI=1S/C15H22F3N5O2/c1-10-19-14(11-5-4-6-11)20-23(10)8-13(25)22(9-15(16,17)18)7-12(24)21(2)3/h11H,4-9H2,1-3H3. The van der Waals surface area contributed by atoms with Gasteiger partial charge in [-0.1, -0.05) is 6.42 Å². The van der Waals surface area contributed by atoms with Gasteiger partial charge in [0.25, 0.3) is 0 Å². The first-order valence-electron chi connectivity index (χ1n) is 8.03. The highest BCUT2D eigenvalue weighted by Gasteiger charge is 2.34. The molecule has 1 aliphatic rings. The summed E-state index contributed by atoms with van der Waals surface area (Å²) in [7, 11) is 2.84. The molecule has 25 heavy (non-hydrogen) atoms. The summed E-state index contributed by atoms with van der Waals surface area (Å²) in [5.74, 6) is -0.0372. The lowest BCUT2D eigenvalue weighted by molar-refractivity contribution is -0.164. The minimum Gasteiger partial charge on any atom is -0.347 e. The van der Waals surface area contributed by atoms with Gasteiger partial charge in [-0.25, -0.2) is 9.67 Å². The molecule has 1 aliphatic carbocycles. The maximum atomic E-state index is 12.7. The van der Waals surface area contributed by atoms with Crippen molar-refractivity contribution in [2.45, 2.75) is 44.8 Å². The minimum atomic E-state index is -4.59. The fourth-order valence-corrected chi connectivity index (χ4v) is 2.41. The Kier molecular flexibility index (Phi) is 5.69. The molecule has 1 saturated carbocycles. The lowest BCUT2D eigenvalue weighted by Gasteiger charge is -2.25. The van der Waals surface area contributed by atoms with E-state index in [4.69, 9.17) is 0 Å². The molecule has 0 spiro atoms. The van der Waals surface area contributed by atoms with Crippen LogP contribution in [-0.2, 0) is 16.1 Å². The lowest BCUT2D eigenvalue weighted by atomic mass is 9.85. The molecule has 1 fully saturated rings. The SMILES string of the molecule is Cc1nc(C2CCC2)nn1CC(=O)N(CC(=O)N(C)C)CC(F)(F)F. The van der Waals surface area contributed by atoms with Crippen molar-refractivity contribution in [1.82, 2.24) is 24.6 Å². The molecule has 7 nitrogen and oxygen atoms in total. The summed E-state index contributed by atoms with van der Waals surface area (Å²) in [6.07, 6.45) is -1.52. The molecule has 0 unspecified atom stereocenters. The minimum absolute atomic E-state index is 0.261. The maximum Gasteiger partial charge on any atom is 0.406 e. The summed E-state index contributed by atoms with van der Waals surface area (Å²) in [5.41, 5.74) is 0. The van der Waals surface area contributed by atoms with Crippen LogP contribution in [0.2, 0.25) is 0 Å². The van der Waals surface area contributed by atoms with E-state index >= 15 is 0 Å². The number of nitrogens with zero attached hydrogens (tertiary/aromatic N) is 5. The third kappa shape index (κ3) is 5.17. The van der Waals surface area contributed by atoms with Crippen molar-refractivity contribution in [2.24, 2.45) is 0 Å². The van der Waals surface area contributed by atoms with Gasteiger partial charge in [-0.3, -0.25) is 9.59 Å². The van der Waals surface area contributed by atoms with Crippen LogP contribution in [0.15, 0.2) is 0 Å². The van der Waals surface area contributed by atoms with Crippen molar-refractivity contribution in [3.63, 3.8) is 0 Å². The zero-order valence-corrected chi connectivity index (χ0v) is 14.5. The van der Waals surface area contributed by atoms with Gasteiger partial charge in [0, 0.05) is 20.0 Å². The van der Waals surface area contributed by atoms with Gasteiger partial charge in [0.05, 0.1) is 0 Å². The van der Waals surface area contributed by atoms with Crippen LogP contribution in [0.3, 0.4) is 0 Å². The fraction of sp³-hybridized carbons (Fsp3) is 0.733. The van der Waals surface area contributed by atoms with Crippen molar-refractivity contribution in [3.05, 3.63) is 11.6 Å². The molecule has 1 heterocycles. The van der Waals surface area contributed by atoms with Crippen molar-refractivity contribution >= 4 is 11.8 Å². The fourth-order valence-electron chi connectivity index (χ4n) is 2.41. The average molecular weight is 361 g/mol. The van der Waals surface area contributed by atoms with E-state index < -0.39 is 31.1 Å². The average Bonchev–Trinajstić information content (AvgIpc) is 2.74. The molecule has 0 N–H and O–H groups in total. The Bertz CT molecular complexity index is 638. The quantitative estimate of drug-likeness (QED) is 0.767. The normalized spacial score (nSPS) is 15.0. The Morgan fingerprint density at radius 1 is 1.24 bits per heavy atom. The van der Waals surface area contributed by atoms with E-state index in [1.807, 2.05) is 0 Å². The molecule has 10 heteroatoms. The second-order valence-corrected chi connectivity index (χ2v) is 6.46. The second-order valence-electron chi connectivity index (χ2n) is 6.46. The number of hydrogen-bond donors (Lipinski definition) is 0. The van der Waals surface area contributed by atoms with Crippen LogP contribution < -0.4 is 0 Å². The first-order chi connectivity index (χ1) is 11.6. The number of rotatable bonds is 6. The van der Waals surface area contributed by atoms with Crippen LogP contribution in [0.25, 0.3) is 0 Å². The van der Waals surface area contributed by atoms with Gasteiger partial charge in [0.2, 0.25) is 11.8 Å². The van der Waals surface area contributed by atoms with Gasteiger partial charge in [0.1, 0.15) is 25.5 Å². The Morgan fingerprint density at radius 2 is 1.88 bits per heavy atom. The number of alkyl halides is 3. The van der Waals surface area contributed by atoms with Crippen LogP contribution in [0.1, 0.15) is 36.8 Å². The van der Waals surface area contributed by atoms with Crippen molar-refractivity contribution in [3.8, 4) is 0 Å². The van der Waals surface area contributed by atoms with E-state index in [0.717, 1.165) is 24.2 Å². The molecule has 0 atom stereocenters. The Labute approximate surface area is 143 Å². The van der Waals surface area contributed by atoms with Gasteiger partial charge in [0.15, 0.2) is 5.82 Å². The number of aryl methyl sites for hydroxylation is 1. The van der Waals surface area contributed by atoms with Gasteiger partial charge in [-0.2, -0.15) is 18.3 Å². The number of carbonyl (C=O) groups is 2. The number of aromatic nitrogens is 3. The second kappa shape index (κ2) is 7.40. The van der Waals surface area contributed by atoms with Crippen molar-refractivity contribution < 1.29 is 22.8 Å². The molecule has 0 radical (unpaired) electrons. The molecule has 1 aromatic rings. The Balaban J connectivity index is 2.09. The Morgan fingerprint density at radius 3 is 2.36 bits per heavy atom. The van der Waals surface area contributed by atoms with E-state index in [1.54, 1.807) is 6.92 Å². The zero-order chi connectivity index (χ0) is 18.8. The van der Waals surface area contributed by atoms with E-state index in [9.17, 15) is 22.8 Å². The molecule has 2 amide bonds. The highest BCUT2D eigenvalue weighted by atomic mass is 19.4. The van der Waals surface area contributed by atoms with Crippen LogP contribution in [0.5, 0.6) is 0 Å². The first-order valence-corrected chi connectivity index (χ1v) is 8.03.